The zero-order chi connectivity index (χ0) is 12.8. The minimum atomic E-state index is 0.786. The molecule has 2 unspecified atom stereocenters. The van der Waals surface area contributed by atoms with Gasteiger partial charge in [0.2, 0.25) is 0 Å². The number of hydrogen-bond donors (Lipinski definition) is 1. The zero-order valence-electron chi connectivity index (χ0n) is 12.5. The molecule has 0 amide bonds. The SMILES string of the molecule is CCC1CCCCCN1C(C)CCCNC1CC1. The van der Waals surface area contributed by atoms with Gasteiger partial charge in [0.25, 0.3) is 0 Å². The second kappa shape index (κ2) is 7.49. The third kappa shape index (κ3) is 4.55. The Balaban J connectivity index is 1.68. The molecule has 1 saturated carbocycles. The first-order valence-electron chi connectivity index (χ1n) is 8.30. The highest BCUT2D eigenvalue weighted by Gasteiger charge is 2.24. The molecule has 2 nitrogen and oxygen atoms in total. The van der Waals surface area contributed by atoms with Crippen LogP contribution in [0.1, 0.15) is 71.6 Å². The van der Waals surface area contributed by atoms with E-state index in [1.165, 1.54) is 70.9 Å². The Kier molecular flexibility index (Phi) is 5.97. The van der Waals surface area contributed by atoms with Crippen LogP contribution in [-0.2, 0) is 0 Å². The second-order valence-electron chi connectivity index (χ2n) is 6.37. The Bertz CT molecular complexity index is 225. The van der Waals surface area contributed by atoms with Gasteiger partial charge < -0.3 is 5.32 Å². The molecular weight excluding hydrogens is 220 g/mol. The second-order valence-corrected chi connectivity index (χ2v) is 6.37. The monoisotopic (exact) mass is 252 g/mol. The Hall–Kier alpha value is -0.0800. The van der Waals surface area contributed by atoms with Gasteiger partial charge in [-0.15, -0.1) is 0 Å². The van der Waals surface area contributed by atoms with Crippen LogP contribution in [0.15, 0.2) is 0 Å². The summed E-state index contributed by atoms with van der Waals surface area (Å²) in [6.45, 7) is 7.39. The van der Waals surface area contributed by atoms with Gasteiger partial charge in [0.1, 0.15) is 0 Å². The maximum Gasteiger partial charge on any atom is 0.00954 e. The molecule has 0 spiro atoms. The van der Waals surface area contributed by atoms with Crippen LogP contribution in [-0.4, -0.2) is 36.1 Å². The van der Waals surface area contributed by atoms with E-state index in [1.807, 2.05) is 0 Å². The van der Waals surface area contributed by atoms with Crippen molar-refractivity contribution in [3.8, 4) is 0 Å². The minimum absolute atomic E-state index is 0.786. The maximum atomic E-state index is 3.63. The molecule has 2 atom stereocenters. The van der Waals surface area contributed by atoms with Gasteiger partial charge in [0, 0.05) is 18.1 Å². The molecule has 2 heteroatoms. The fourth-order valence-electron chi connectivity index (χ4n) is 3.38. The summed E-state index contributed by atoms with van der Waals surface area (Å²) in [4.78, 5) is 2.81. The van der Waals surface area contributed by atoms with Gasteiger partial charge in [-0.2, -0.15) is 0 Å². The minimum Gasteiger partial charge on any atom is -0.314 e. The summed E-state index contributed by atoms with van der Waals surface area (Å²) in [5.41, 5.74) is 0. The van der Waals surface area contributed by atoms with E-state index in [4.69, 9.17) is 0 Å². The standard InChI is InChI=1S/C16H32N2/c1-3-16-9-5-4-6-13-18(16)14(2)8-7-12-17-15-10-11-15/h14-17H,3-13H2,1-2H3. The van der Waals surface area contributed by atoms with Crippen LogP contribution in [0.2, 0.25) is 0 Å². The van der Waals surface area contributed by atoms with Crippen molar-refractivity contribution in [2.75, 3.05) is 13.1 Å². The summed E-state index contributed by atoms with van der Waals surface area (Å²) in [6, 6.07) is 2.52. The molecule has 1 aliphatic carbocycles. The zero-order valence-corrected chi connectivity index (χ0v) is 12.5. The summed E-state index contributed by atoms with van der Waals surface area (Å²) in [6.07, 6.45) is 12.6. The van der Waals surface area contributed by atoms with Crippen LogP contribution in [0.5, 0.6) is 0 Å². The lowest BCUT2D eigenvalue weighted by Gasteiger charge is -2.35. The number of nitrogens with one attached hydrogen (secondary N) is 1. The van der Waals surface area contributed by atoms with Gasteiger partial charge in [0.15, 0.2) is 0 Å². The number of nitrogens with zero attached hydrogens (tertiary/aromatic N) is 1. The van der Waals surface area contributed by atoms with Gasteiger partial charge in [-0.25, -0.2) is 0 Å². The highest BCUT2D eigenvalue weighted by molar-refractivity contribution is 4.82. The van der Waals surface area contributed by atoms with Crippen molar-refractivity contribution in [2.45, 2.75) is 89.8 Å². The van der Waals surface area contributed by atoms with Gasteiger partial charge in [-0.1, -0.05) is 19.8 Å². The summed E-state index contributed by atoms with van der Waals surface area (Å²) < 4.78 is 0. The highest BCUT2D eigenvalue weighted by atomic mass is 15.2. The average molecular weight is 252 g/mol. The van der Waals surface area contributed by atoms with E-state index in [0.717, 1.165) is 18.1 Å². The van der Waals surface area contributed by atoms with Gasteiger partial charge in [0.05, 0.1) is 0 Å². The lowest BCUT2D eigenvalue weighted by molar-refractivity contribution is 0.134. The summed E-state index contributed by atoms with van der Waals surface area (Å²) in [5.74, 6) is 0. The molecule has 1 saturated heterocycles. The van der Waals surface area contributed by atoms with Crippen LogP contribution in [0, 0.1) is 0 Å². The molecule has 2 fully saturated rings. The Morgan fingerprint density at radius 2 is 2.00 bits per heavy atom. The van der Waals surface area contributed by atoms with E-state index in [1.54, 1.807) is 0 Å². The first kappa shape index (κ1) is 14.3. The van der Waals surface area contributed by atoms with Gasteiger partial charge >= 0.3 is 0 Å². The van der Waals surface area contributed by atoms with Crippen molar-refractivity contribution < 1.29 is 0 Å². The maximum absolute atomic E-state index is 3.63. The molecule has 0 aromatic rings. The first-order valence-corrected chi connectivity index (χ1v) is 8.30. The lowest BCUT2D eigenvalue weighted by atomic mass is 10.0. The number of hydrogen-bond acceptors (Lipinski definition) is 2. The van der Waals surface area contributed by atoms with E-state index in [-0.39, 0.29) is 0 Å². The molecule has 0 radical (unpaired) electrons. The van der Waals surface area contributed by atoms with Crippen molar-refractivity contribution in [1.82, 2.24) is 10.2 Å². The molecule has 0 aromatic heterocycles. The Morgan fingerprint density at radius 1 is 1.17 bits per heavy atom. The summed E-state index contributed by atoms with van der Waals surface area (Å²) in [5, 5.41) is 3.63. The third-order valence-corrected chi connectivity index (χ3v) is 4.77. The van der Waals surface area contributed by atoms with Crippen molar-refractivity contribution >= 4 is 0 Å². The topological polar surface area (TPSA) is 15.3 Å². The number of likely N-dealkylation sites (tertiary alicyclic amines) is 1. The third-order valence-electron chi connectivity index (χ3n) is 4.77. The van der Waals surface area contributed by atoms with E-state index in [0.29, 0.717) is 0 Å². The summed E-state index contributed by atoms with van der Waals surface area (Å²) in [7, 11) is 0. The van der Waals surface area contributed by atoms with Crippen LogP contribution in [0.25, 0.3) is 0 Å². The number of rotatable bonds is 7. The Labute approximate surface area is 114 Å². The predicted molar refractivity (Wildman–Crippen MR) is 79.0 cm³/mol. The van der Waals surface area contributed by atoms with E-state index >= 15 is 0 Å². The Morgan fingerprint density at radius 3 is 2.72 bits per heavy atom. The van der Waals surface area contributed by atoms with E-state index in [9.17, 15) is 0 Å². The van der Waals surface area contributed by atoms with Crippen molar-refractivity contribution in [3.63, 3.8) is 0 Å². The van der Waals surface area contributed by atoms with Crippen molar-refractivity contribution in [2.24, 2.45) is 0 Å². The quantitative estimate of drug-likeness (QED) is 0.697. The molecule has 0 bridgehead atoms. The van der Waals surface area contributed by atoms with E-state index in [2.05, 4.69) is 24.1 Å². The lowest BCUT2D eigenvalue weighted by Crippen LogP contribution is -2.41. The van der Waals surface area contributed by atoms with Crippen molar-refractivity contribution in [1.29, 1.82) is 0 Å². The molecule has 1 heterocycles. The molecule has 0 aromatic carbocycles. The molecule has 106 valence electrons. The average Bonchev–Trinajstić information content (AvgIpc) is 3.20. The fraction of sp³-hybridized carbons (Fsp3) is 1.00. The first-order chi connectivity index (χ1) is 8.81. The highest BCUT2D eigenvalue weighted by Crippen LogP contribution is 2.23. The molecule has 2 aliphatic rings. The van der Waals surface area contributed by atoms with Crippen LogP contribution >= 0.6 is 0 Å². The van der Waals surface area contributed by atoms with Gasteiger partial charge in [-0.05, 0) is 65.0 Å². The predicted octanol–water partition coefficient (Wildman–Crippen LogP) is 3.56. The molecule has 1 N–H and O–H groups in total. The smallest absolute Gasteiger partial charge is 0.00954 e. The summed E-state index contributed by atoms with van der Waals surface area (Å²) >= 11 is 0. The molecule has 2 rings (SSSR count). The molecular formula is C16H32N2. The van der Waals surface area contributed by atoms with Crippen LogP contribution in [0.4, 0.5) is 0 Å². The van der Waals surface area contributed by atoms with Gasteiger partial charge in [-0.3, -0.25) is 4.90 Å². The fourth-order valence-corrected chi connectivity index (χ4v) is 3.38. The molecule has 18 heavy (non-hydrogen) atoms. The van der Waals surface area contributed by atoms with Crippen LogP contribution in [0.3, 0.4) is 0 Å². The van der Waals surface area contributed by atoms with Crippen molar-refractivity contribution in [3.05, 3.63) is 0 Å². The van der Waals surface area contributed by atoms with E-state index < -0.39 is 0 Å². The normalized spacial score (nSPS) is 28.0. The molecule has 1 aliphatic heterocycles. The largest absolute Gasteiger partial charge is 0.314 e. The van der Waals surface area contributed by atoms with Crippen LogP contribution < -0.4 is 5.32 Å².